The number of ether oxygens (including phenoxy) is 2. The average molecular weight is 460 g/mol. The van der Waals surface area contributed by atoms with E-state index in [4.69, 9.17) is 9.47 Å². The molecular formula is C27H25NO4S. The molecule has 1 aromatic heterocycles. The highest BCUT2D eigenvalue weighted by molar-refractivity contribution is 7.11. The maximum Gasteiger partial charge on any atom is 0.172 e. The molecule has 0 saturated carbocycles. The fourth-order valence-corrected chi connectivity index (χ4v) is 5.66. The van der Waals surface area contributed by atoms with Gasteiger partial charge in [0.2, 0.25) is 0 Å². The number of hydrogen-bond donors (Lipinski definition) is 2. The molecule has 33 heavy (non-hydrogen) atoms. The zero-order valence-corrected chi connectivity index (χ0v) is 20.0. The molecule has 0 amide bonds. The number of phenols is 1. The topological polar surface area (TPSA) is 67.8 Å². The van der Waals surface area contributed by atoms with Gasteiger partial charge in [-0.05, 0) is 69.0 Å². The summed E-state index contributed by atoms with van der Waals surface area (Å²) in [5.41, 5.74) is 6.18. The molecule has 0 radical (unpaired) electrons. The quantitative estimate of drug-likeness (QED) is 0.420. The van der Waals surface area contributed by atoms with E-state index in [0.717, 1.165) is 32.8 Å². The smallest absolute Gasteiger partial charge is 0.172 e. The Morgan fingerprint density at radius 3 is 2.67 bits per heavy atom. The van der Waals surface area contributed by atoms with Gasteiger partial charge in [0.1, 0.15) is 11.5 Å². The van der Waals surface area contributed by atoms with Crippen LogP contribution in [0.1, 0.15) is 54.1 Å². The number of nitrogens with one attached hydrogen (secondary N) is 1. The monoisotopic (exact) mass is 459 g/mol. The Morgan fingerprint density at radius 2 is 1.94 bits per heavy atom. The number of methoxy groups -OCH3 is 1. The van der Waals surface area contributed by atoms with E-state index < -0.39 is 0 Å². The zero-order valence-electron chi connectivity index (χ0n) is 19.2. The predicted molar refractivity (Wildman–Crippen MR) is 134 cm³/mol. The molecule has 6 heteroatoms. The number of carbonyl (C=O) groups excluding carboxylic acids is 1. The van der Waals surface area contributed by atoms with Crippen LogP contribution in [0.4, 0.5) is 5.69 Å². The third-order valence-corrected chi connectivity index (χ3v) is 6.87. The maximum atomic E-state index is 12.2. The van der Waals surface area contributed by atoms with E-state index in [0.29, 0.717) is 28.4 Å². The van der Waals surface area contributed by atoms with Gasteiger partial charge < -0.3 is 19.9 Å². The lowest BCUT2D eigenvalue weighted by Gasteiger charge is -2.35. The van der Waals surface area contributed by atoms with E-state index in [-0.39, 0.29) is 17.1 Å². The van der Waals surface area contributed by atoms with Gasteiger partial charge in [0.05, 0.1) is 18.2 Å². The number of phenolic OH excluding ortho intramolecular Hbond substituents is 1. The minimum atomic E-state index is -0.186. The van der Waals surface area contributed by atoms with Crippen LogP contribution in [0.2, 0.25) is 0 Å². The molecule has 0 saturated heterocycles. The number of Topliss-reactive ketones (excluding diaryl/α,β-unsaturated/α-hetero) is 1. The Hall–Kier alpha value is -3.51. The number of anilines is 1. The van der Waals surface area contributed by atoms with Crippen molar-refractivity contribution in [3.63, 3.8) is 0 Å². The second-order valence-electron chi connectivity index (χ2n) is 8.94. The number of aromatic hydroxyl groups is 1. The lowest BCUT2D eigenvalue weighted by Crippen LogP contribution is -2.32. The summed E-state index contributed by atoms with van der Waals surface area (Å²) in [6, 6.07) is 9.25. The molecule has 0 aliphatic carbocycles. The van der Waals surface area contributed by atoms with Crippen LogP contribution in [-0.4, -0.2) is 23.5 Å². The van der Waals surface area contributed by atoms with Crippen LogP contribution in [0, 0.1) is 0 Å². The molecule has 0 spiro atoms. The minimum absolute atomic E-state index is 0.0145. The molecule has 2 aliphatic rings. The van der Waals surface area contributed by atoms with Crippen molar-refractivity contribution in [2.45, 2.75) is 33.2 Å². The number of rotatable bonds is 3. The molecule has 2 aromatic carbocycles. The molecule has 3 aromatic rings. The van der Waals surface area contributed by atoms with E-state index in [9.17, 15) is 9.90 Å². The lowest BCUT2D eigenvalue weighted by molar-refractivity contribution is 0.101. The third-order valence-electron chi connectivity index (χ3n) is 6.01. The van der Waals surface area contributed by atoms with Gasteiger partial charge >= 0.3 is 0 Å². The fourth-order valence-electron chi connectivity index (χ4n) is 4.79. The van der Waals surface area contributed by atoms with Crippen LogP contribution in [-0.2, 0) is 0 Å². The Balaban J connectivity index is 1.84. The normalized spacial score (nSPS) is 16.6. The number of ketones is 1. The van der Waals surface area contributed by atoms with Gasteiger partial charge in [-0.2, -0.15) is 0 Å². The van der Waals surface area contributed by atoms with Crippen LogP contribution in [0.15, 0.2) is 41.8 Å². The first-order valence-electron chi connectivity index (χ1n) is 10.7. The molecule has 0 fully saturated rings. The van der Waals surface area contributed by atoms with E-state index in [1.807, 2.05) is 23.6 Å². The second-order valence-corrected chi connectivity index (χ2v) is 9.89. The van der Waals surface area contributed by atoms with Crippen molar-refractivity contribution in [2.75, 3.05) is 12.4 Å². The highest BCUT2D eigenvalue weighted by Gasteiger charge is 2.33. The maximum absolute atomic E-state index is 12.2. The van der Waals surface area contributed by atoms with Crippen LogP contribution >= 0.6 is 11.3 Å². The summed E-state index contributed by atoms with van der Waals surface area (Å²) in [7, 11) is 1.54. The van der Waals surface area contributed by atoms with Crippen molar-refractivity contribution in [3.05, 3.63) is 63.4 Å². The van der Waals surface area contributed by atoms with E-state index in [1.165, 1.54) is 11.3 Å². The summed E-state index contributed by atoms with van der Waals surface area (Å²) < 4.78 is 12.0. The number of thiophene rings is 1. The van der Waals surface area contributed by atoms with Crippen LogP contribution < -0.4 is 14.8 Å². The van der Waals surface area contributed by atoms with Crippen molar-refractivity contribution in [2.24, 2.45) is 0 Å². The third kappa shape index (κ3) is 3.42. The summed E-state index contributed by atoms with van der Waals surface area (Å²) in [6.45, 7) is 7.94. The molecule has 2 N–H and O–H groups in total. The van der Waals surface area contributed by atoms with Gasteiger partial charge in [-0.1, -0.05) is 12.1 Å². The number of benzene rings is 2. The molecule has 3 heterocycles. The van der Waals surface area contributed by atoms with Gasteiger partial charge in [0.15, 0.2) is 17.3 Å². The standard InChI is InChI=1S/C27H25NO4S/c1-14-13-27(3,4)28-18-7-6-17-24(23(14)18)21(12-22-16(15(2)29)10-11-33-22)32-20-9-8-19(30)26(31-5)25(17)20/h6-13,28,30H,1-5H3/b21-12-. The number of hydrogen-bond acceptors (Lipinski definition) is 6. The van der Waals surface area contributed by atoms with Crippen molar-refractivity contribution >= 4 is 40.2 Å². The Kier molecular flexibility index (Phi) is 4.87. The molecule has 0 atom stereocenters. The van der Waals surface area contributed by atoms with Crippen LogP contribution in [0.5, 0.6) is 17.2 Å². The largest absolute Gasteiger partial charge is 0.504 e. The molecule has 0 bridgehead atoms. The molecule has 2 aliphatic heterocycles. The average Bonchev–Trinajstić information content (AvgIpc) is 3.21. The van der Waals surface area contributed by atoms with E-state index >= 15 is 0 Å². The first-order valence-corrected chi connectivity index (χ1v) is 11.6. The zero-order chi connectivity index (χ0) is 23.5. The highest BCUT2D eigenvalue weighted by atomic mass is 32.1. The summed E-state index contributed by atoms with van der Waals surface area (Å²) in [4.78, 5) is 13.0. The van der Waals surface area contributed by atoms with Gasteiger partial charge in [-0.25, -0.2) is 0 Å². The van der Waals surface area contributed by atoms with Crippen molar-refractivity contribution in [3.8, 4) is 28.4 Å². The Morgan fingerprint density at radius 1 is 1.15 bits per heavy atom. The van der Waals surface area contributed by atoms with Crippen molar-refractivity contribution in [1.82, 2.24) is 0 Å². The van der Waals surface area contributed by atoms with Gasteiger partial charge in [0, 0.05) is 32.8 Å². The summed E-state index contributed by atoms with van der Waals surface area (Å²) in [5, 5.41) is 16.0. The van der Waals surface area contributed by atoms with Gasteiger partial charge in [-0.15, -0.1) is 11.3 Å². The number of carbonyl (C=O) groups is 1. The second kappa shape index (κ2) is 7.52. The first kappa shape index (κ1) is 21.3. The first-order chi connectivity index (χ1) is 15.7. The number of fused-ring (bicyclic) bond motifs is 5. The van der Waals surface area contributed by atoms with Crippen LogP contribution in [0.3, 0.4) is 0 Å². The summed E-state index contributed by atoms with van der Waals surface area (Å²) >= 11 is 1.50. The van der Waals surface area contributed by atoms with E-state index in [2.05, 4.69) is 38.2 Å². The minimum Gasteiger partial charge on any atom is -0.504 e. The Bertz CT molecular complexity index is 1380. The lowest BCUT2D eigenvalue weighted by atomic mass is 9.83. The number of allylic oxidation sites excluding steroid dienone is 1. The van der Waals surface area contributed by atoms with Gasteiger partial charge in [0.25, 0.3) is 0 Å². The SMILES string of the molecule is COc1c(O)ccc2c1-c1ccc3c(c1/C(=C/c1sccc1C(C)=O)O2)C(C)=CC(C)(C)N3. The fraction of sp³-hybridized carbons (Fsp3) is 0.222. The van der Waals surface area contributed by atoms with Crippen molar-refractivity contribution in [1.29, 1.82) is 0 Å². The molecule has 5 nitrogen and oxygen atoms in total. The van der Waals surface area contributed by atoms with Crippen molar-refractivity contribution < 1.29 is 19.4 Å². The molecule has 0 unspecified atom stereocenters. The van der Waals surface area contributed by atoms with Gasteiger partial charge in [-0.3, -0.25) is 4.79 Å². The van der Waals surface area contributed by atoms with E-state index in [1.54, 1.807) is 26.2 Å². The van der Waals surface area contributed by atoms with Crippen LogP contribution in [0.25, 0.3) is 28.5 Å². The summed E-state index contributed by atoms with van der Waals surface area (Å²) in [5.74, 6) is 1.69. The highest BCUT2D eigenvalue weighted by Crippen LogP contribution is 2.54. The molecule has 5 rings (SSSR count). The molecular weight excluding hydrogens is 434 g/mol. The molecule has 168 valence electrons. The summed E-state index contributed by atoms with van der Waals surface area (Å²) in [6.07, 6.45) is 4.14. The predicted octanol–water partition coefficient (Wildman–Crippen LogP) is 6.83. The Labute approximate surface area is 197 Å².